The lowest BCUT2D eigenvalue weighted by Crippen LogP contribution is -2.43. The van der Waals surface area contributed by atoms with Gasteiger partial charge < -0.3 is 15.5 Å². The molecule has 0 spiro atoms. The number of benzene rings is 1. The maximum atomic E-state index is 12.0. The van der Waals surface area contributed by atoms with E-state index in [-0.39, 0.29) is 12.5 Å². The fourth-order valence-corrected chi connectivity index (χ4v) is 1.83. The molecule has 4 nitrogen and oxygen atoms in total. The number of thioether (sulfide) groups is 1. The van der Waals surface area contributed by atoms with E-state index in [9.17, 15) is 9.90 Å². The highest BCUT2D eigenvalue weighted by molar-refractivity contribution is 7.98. The van der Waals surface area contributed by atoms with Crippen LogP contribution >= 0.6 is 11.8 Å². The average molecular weight is 269 g/mol. The molecule has 0 saturated heterocycles. The zero-order valence-electron chi connectivity index (χ0n) is 10.9. The Kier molecular flexibility index (Phi) is 5.19. The van der Waals surface area contributed by atoms with Gasteiger partial charge in [-0.15, -0.1) is 11.8 Å². The Hall–Kier alpha value is -1.04. The van der Waals surface area contributed by atoms with Crippen molar-refractivity contribution >= 4 is 17.7 Å². The Labute approximate surface area is 111 Å². The van der Waals surface area contributed by atoms with Crippen LogP contribution in [0, 0.1) is 6.92 Å². The zero-order chi connectivity index (χ0) is 13.8. The van der Waals surface area contributed by atoms with Crippen molar-refractivity contribution in [2.45, 2.75) is 24.3 Å². The van der Waals surface area contributed by atoms with Gasteiger partial charge in [0.1, 0.15) is 5.60 Å². The number of aliphatic hydroxyl groups excluding tert-OH is 1. The molecule has 1 unspecified atom stereocenters. The Morgan fingerprint density at radius 1 is 1.50 bits per heavy atom. The van der Waals surface area contributed by atoms with Crippen molar-refractivity contribution in [1.82, 2.24) is 5.32 Å². The molecule has 0 fully saturated rings. The second kappa shape index (κ2) is 6.22. The van der Waals surface area contributed by atoms with Gasteiger partial charge in [0.05, 0.1) is 6.61 Å². The summed E-state index contributed by atoms with van der Waals surface area (Å²) in [5.74, 6) is -0.239. The van der Waals surface area contributed by atoms with E-state index in [0.29, 0.717) is 5.56 Å². The van der Waals surface area contributed by atoms with Crippen molar-refractivity contribution in [3.8, 4) is 0 Å². The highest BCUT2D eigenvalue weighted by Crippen LogP contribution is 2.19. The maximum absolute atomic E-state index is 12.0. The summed E-state index contributed by atoms with van der Waals surface area (Å²) in [6.07, 6.45) is 1.95. The van der Waals surface area contributed by atoms with E-state index < -0.39 is 12.2 Å². The predicted molar refractivity (Wildman–Crippen MR) is 73.0 cm³/mol. The molecule has 1 rings (SSSR count). The van der Waals surface area contributed by atoms with Crippen LogP contribution in [0.15, 0.2) is 23.1 Å². The van der Waals surface area contributed by atoms with E-state index in [1.54, 1.807) is 11.8 Å². The summed E-state index contributed by atoms with van der Waals surface area (Å²) in [5.41, 5.74) is 0.185. The van der Waals surface area contributed by atoms with E-state index in [2.05, 4.69) is 5.32 Å². The van der Waals surface area contributed by atoms with E-state index >= 15 is 0 Å². The highest BCUT2D eigenvalue weighted by atomic mass is 32.2. The topological polar surface area (TPSA) is 69.6 Å². The third-order valence-electron chi connectivity index (χ3n) is 2.66. The first-order valence-electron chi connectivity index (χ1n) is 5.66. The van der Waals surface area contributed by atoms with Gasteiger partial charge in [-0.25, -0.2) is 0 Å². The van der Waals surface area contributed by atoms with Crippen molar-refractivity contribution in [2.75, 3.05) is 19.4 Å². The van der Waals surface area contributed by atoms with Gasteiger partial charge >= 0.3 is 0 Å². The minimum absolute atomic E-state index is 0.0191. The third-order valence-corrected chi connectivity index (χ3v) is 3.39. The zero-order valence-corrected chi connectivity index (χ0v) is 11.7. The van der Waals surface area contributed by atoms with Crippen LogP contribution in [-0.2, 0) is 0 Å². The largest absolute Gasteiger partial charge is 0.393 e. The average Bonchev–Trinajstić information content (AvgIpc) is 2.36. The molecule has 0 aliphatic heterocycles. The standard InChI is InChI=1S/C13H19NO3S/c1-9-4-5-10(18-3)6-11(9)12(16)14-7-13(2,17)8-15/h4-6,15,17H,7-8H2,1-3H3,(H,14,16). The summed E-state index contributed by atoms with van der Waals surface area (Å²) in [4.78, 5) is 13.0. The number of carbonyl (C=O) groups excluding carboxylic acids is 1. The van der Waals surface area contributed by atoms with E-state index in [1.165, 1.54) is 6.92 Å². The fraction of sp³-hybridized carbons (Fsp3) is 0.462. The molecule has 5 heteroatoms. The van der Waals surface area contributed by atoms with Crippen LogP contribution in [0.4, 0.5) is 0 Å². The van der Waals surface area contributed by atoms with Crippen LogP contribution in [0.1, 0.15) is 22.8 Å². The van der Waals surface area contributed by atoms with Gasteiger partial charge in [-0.05, 0) is 37.8 Å². The summed E-state index contributed by atoms with van der Waals surface area (Å²) in [7, 11) is 0. The molecule has 0 heterocycles. The summed E-state index contributed by atoms with van der Waals surface area (Å²) in [5, 5.41) is 21.2. The number of hydrogen-bond acceptors (Lipinski definition) is 4. The number of carbonyl (C=O) groups is 1. The predicted octanol–water partition coefficient (Wildman–Crippen LogP) is 1.19. The minimum Gasteiger partial charge on any atom is -0.393 e. The molecule has 18 heavy (non-hydrogen) atoms. The Morgan fingerprint density at radius 3 is 2.72 bits per heavy atom. The van der Waals surface area contributed by atoms with Gasteiger partial charge in [0.2, 0.25) is 0 Å². The number of nitrogens with one attached hydrogen (secondary N) is 1. The molecule has 0 aliphatic carbocycles. The molecular formula is C13H19NO3S. The van der Waals surface area contributed by atoms with Gasteiger partial charge in [-0.3, -0.25) is 4.79 Å². The molecule has 0 aromatic heterocycles. The molecule has 100 valence electrons. The Bertz CT molecular complexity index is 432. The van der Waals surface area contributed by atoms with E-state index in [0.717, 1.165) is 10.5 Å². The number of hydrogen-bond donors (Lipinski definition) is 3. The van der Waals surface area contributed by atoms with E-state index in [4.69, 9.17) is 5.11 Å². The van der Waals surface area contributed by atoms with E-state index in [1.807, 2.05) is 31.4 Å². The van der Waals surface area contributed by atoms with Crippen molar-refractivity contribution in [3.05, 3.63) is 29.3 Å². The quantitative estimate of drug-likeness (QED) is 0.702. The highest BCUT2D eigenvalue weighted by Gasteiger charge is 2.20. The third kappa shape index (κ3) is 4.01. The molecule has 0 radical (unpaired) electrons. The number of aliphatic hydroxyl groups is 2. The lowest BCUT2D eigenvalue weighted by Gasteiger charge is -2.21. The van der Waals surface area contributed by atoms with Gasteiger partial charge in [0.25, 0.3) is 5.91 Å². The lowest BCUT2D eigenvalue weighted by atomic mass is 10.1. The number of aryl methyl sites for hydroxylation is 1. The smallest absolute Gasteiger partial charge is 0.251 e. The normalized spacial score (nSPS) is 14.1. The van der Waals surface area contributed by atoms with Crippen molar-refractivity contribution in [3.63, 3.8) is 0 Å². The first kappa shape index (κ1) is 15.0. The second-order valence-electron chi connectivity index (χ2n) is 4.52. The molecule has 1 aromatic rings. The van der Waals surface area contributed by atoms with Crippen LogP contribution in [0.5, 0.6) is 0 Å². The number of rotatable bonds is 5. The SMILES string of the molecule is CSc1ccc(C)c(C(=O)NCC(C)(O)CO)c1. The van der Waals surface area contributed by atoms with Crippen LogP contribution < -0.4 is 5.32 Å². The Balaban J connectivity index is 2.78. The summed E-state index contributed by atoms with van der Waals surface area (Å²) in [6, 6.07) is 5.68. The maximum Gasteiger partial charge on any atom is 0.251 e. The van der Waals surface area contributed by atoms with Gasteiger partial charge in [0.15, 0.2) is 0 Å². The summed E-state index contributed by atoms with van der Waals surface area (Å²) >= 11 is 1.57. The van der Waals surface area contributed by atoms with Crippen molar-refractivity contribution in [2.24, 2.45) is 0 Å². The molecule has 0 aliphatic rings. The molecule has 1 aromatic carbocycles. The van der Waals surface area contributed by atoms with Crippen LogP contribution in [0.3, 0.4) is 0 Å². The Morgan fingerprint density at radius 2 is 2.17 bits per heavy atom. The van der Waals surface area contributed by atoms with Gasteiger partial charge in [-0.1, -0.05) is 6.07 Å². The van der Waals surface area contributed by atoms with Crippen LogP contribution in [0.25, 0.3) is 0 Å². The van der Waals surface area contributed by atoms with Gasteiger partial charge in [0, 0.05) is 17.0 Å². The minimum atomic E-state index is -1.29. The molecule has 1 amide bonds. The fourth-order valence-electron chi connectivity index (χ4n) is 1.39. The number of amides is 1. The summed E-state index contributed by atoms with van der Waals surface area (Å²) < 4.78 is 0. The second-order valence-corrected chi connectivity index (χ2v) is 5.40. The molecular weight excluding hydrogens is 250 g/mol. The lowest BCUT2D eigenvalue weighted by molar-refractivity contribution is 0.00319. The van der Waals surface area contributed by atoms with Crippen molar-refractivity contribution < 1.29 is 15.0 Å². The van der Waals surface area contributed by atoms with Crippen LogP contribution in [-0.4, -0.2) is 41.1 Å². The molecule has 3 N–H and O–H groups in total. The summed E-state index contributed by atoms with van der Waals surface area (Å²) in [6.45, 7) is 2.96. The molecule has 0 bridgehead atoms. The van der Waals surface area contributed by atoms with Gasteiger partial charge in [-0.2, -0.15) is 0 Å². The monoisotopic (exact) mass is 269 g/mol. The van der Waals surface area contributed by atoms with Crippen LogP contribution in [0.2, 0.25) is 0 Å². The first-order chi connectivity index (χ1) is 8.39. The molecule has 1 atom stereocenters. The molecule has 0 saturated carbocycles. The first-order valence-corrected chi connectivity index (χ1v) is 6.88. The van der Waals surface area contributed by atoms with Crippen molar-refractivity contribution in [1.29, 1.82) is 0 Å².